The number of hydrogen-bond donors (Lipinski definition) is 1. The van der Waals surface area contributed by atoms with E-state index >= 15 is 0 Å². The maximum absolute atomic E-state index is 12.7. The summed E-state index contributed by atoms with van der Waals surface area (Å²) >= 11 is 1.63. The first-order valence-electron chi connectivity index (χ1n) is 10.5. The second kappa shape index (κ2) is 7.85. The van der Waals surface area contributed by atoms with Crippen molar-refractivity contribution < 1.29 is 4.79 Å². The zero-order valence-electron chi connectivity index (χ0n) is 17.3. The van der Waals surface area contributed by atoms with E-state index in [4.69, 9.17) is 0 Å². The molecule has 2 fully saturated rings. The van der Waals surface area contributed by atoms with Crippen molar-refractivity contribution in [3.05, 3.63) is 64.5 Å². The summed E-state index contributed by atoms with van der Waals surface area (Å²) in [7, 11) is 2.21. The fourth-order valence-corrected chi connectivity index (χ4v) is 5.34. The highest BCUT2D eigenvalue weighted by molar-refractivity contribution is 7.09. The van der Waals surface area contributed by atoms with Crippen LogP contribution < -0.4 is 10.2 Å². The van der Waals surface area contributed by atoms with Gasteiger partial charge in [-0.1, -0.05) is 12.1 Å². The molecular formula is C24H26N4OS. The van der Waals surface area contributed by atoms with Gasteiger partial charge in [0, 0.05) is 53.6 Å². The minimum atomic E-state index is -0.0950. The van der Waals surface area contributed by atoms with Gasteiger partial charge in [-0.15, -0.1) is 11.3 Å². The van der Waals surface area contributed by atoms with Crippen LogP contribution in [-0.2, 0) is 0 Å². The number of carbonyl (C=O) groups excluding carboxylic acids is 1. The second-order valence-electron chi connectivity index (χ2n) is 8.36. The highest BCUT2D eigenvalue weighted by Gasteiger charge is 2.39. The number of rotatable bonds is 4. The smallest absolute Gasteiger partial charge is 0.255 e. The highest BCUT2D eigenvalue weighted by Crippen LogP contribution is 2.34. The van der Waals surface area contributed by atoms with Gasteiger partial charge >= 0.3 is 0 Å². The van der Waals surface area contributed by atoms with Crippen molar-refractivity contribution in [1.29, 1.82) is 0 Å². The highest BCUT2D eigenvalue weighted by atomic mass is 32.1. The molecule has 3 heterocycles. The predicted molar refractivity (Wildman–Crippen MR) is 123 cm³/mol. The zero-order chi connectivity index (χ0) is 20.7. The Labute approximate surface area is 181 Å². The molecule has 0 bridgehead atoms. The van der Waals surface area contributed by atoms with E-state index in [-0.39, 0.29) is 5.91 Å². The summed E-state index contributed by atoms with van der Waals surface area (Å²) in [6.07, 6.45) is 1.27. The van der Waals surface area contributed by atoms with E-state index < -0.39 is 0 Å². The molecule has 2 aliphatic heterocycles. The van der Waals surface area contributed by atoms with Crippen molar-refractivity contribution in [2.75, 3.05) is 36.9 Å². The van der Waals surface area contributed by atoms with Gasteiger partial charge in [-0.25, -0.2) is 4.98 Å². The standard InChI is InChI=1S/C24H26N4OS/c1-16-25-22(15-30-16)17-3-5-18(6-4-17)24(29)26-20-7-9-21(10-8-20)28-12-11-19-13-27(2)14-23(19)28/h3-10,15,19,23H,11-14H2,1-2H3,(H,26,29)/t19-,23+/m1/s1. The number of aryl methyl sites for hydroxylation is 1. The fourth-order valence-electron chi connectivity index (χ4n) is 4.72. The first kappa shape index (κ1) is 19.3. The molecule has 3 aromatic rings. The summed E-state index contributed by atoms with van der Waals surface area (Å²) in [6, 6.07) is 16.5. The molecule has 2 atom stereocenters. The summed E-state index contributed by atoms with van der Waals surface area (Å²) in [5.41, 5.74) is 4.70. The average molecular weight is 419 g/mol. The van der Waals surface area contributed by atoms with Crippen molar-refractivity contribution in [2.24, 2.45) is 5.92 Å². The van der Waals surface area contributed by atoms with Gasteiger partial charge in [-0.2, -0.15) is 0 Å². The lowest BCUT2D eigenvalue weighted by molar-refractivity contribution is 0.102. The molecule has 30 heavy (non-hydrogen) atoms. The summed E-state index contributed by atoms with van der Waals surface area (Å²) in [4.78, 5) is 22.1. The first-order chi connectivity index (χ1) is 14.6. The number of anilines is 2. The average Bonchev–Trinajstić information content (AvgIpc) is 3.44. The van der Waals surface area contributed by atoms with E-state index in [9.17, 15) is 4.79 Å². The number of nitrogens with one attached hydrogen (secondary N) is 1. The number of carbonyl (C=O) groups is 1. The van der Waals surface area contributed by atoms with Crippen molar-refractivity contribution in [1.82, 2.24) is 9.88 Å². The molecule has 0 saturated carbocycles. The molecule has 1 N–H and O–H groups in total. The second-order valence-corrected chi connectivity index (χ2v) is 9.42. The van der Waals surface area contributed by atoms with Gasteiger partial charge in [-0.3, -0.25) is 4.79 Å². The summed E-state index contributed by atoms with van der Waals surface area (Å²) in [5, 5.41) is 6.09. The molecule has 2 aliphatic rings. The number of hydrogen-bond acceptors (Lipinski definition) is 5. The van der Waals surface area contributed by atoms with Crippen LogP contribution in [0.1, 0.15) is 21.8 Å². The van der Waals surface area contributed by atoms with Crippen molar-refractivity contribution in [3.63, 3.8) is 0 Å². The van der Waals surface area contributed by atoms with Crippen LogP contribution >= 0.6 is 11.3 Å². The quantitative estimate of drug-likeness (QED) is 0.677. The Morgan fingerprint density at radius 2 is 1.87 bits per heavy atom. The number of aromatic nitrogens is 1. The molecule has 2 saturated heterocycles. The third kappa shape index (κ3) is 3.73. The van der Waals surface area contributed by atoms with Crippen molar-refractivity contribution in [2.45, 2.75) is 19.4 Å². The molecule has 5 rings (SSSR count). The van der Waals surface area contributed by atoms with Crippen LogP contribution in [0, 0.1) is 12.8 Å². The number of fused-ring (bicyclic) bond motifs is 1. The lowest BCUT2D eigenvalue weighted by atomic mass is 10.0. The normalized spacial score (nSPS) is 21.1. The molecule has 0 radical (unpaired) electrons. The SMILES string of the molecule is Cc1nc(-c2ccc(C(=O)Nc3ccc(N4CC[C@@H]5CN(C)C[C@@H]54)cc3)cc2)cs1. The Kier molecular flexibility index (Phi) is 5.05. The van der Waals surface area contributed by atoms with Crippen LogP contribution in [0.3, 0.4) is 0 Å². The fraction of sp³-hybridized carbons (Fsp3) is 0.333. The number of likely N-dealkylation sites (N-methyl/N-ethyl adjacent to an activating group) is 1. The monoisotopic (exact) mass is 418 g/mol. The molecule has 154 valence electrons. The minimum absolute atomic E-state index is 0.0950. The van der Waals surface area contributed by atoms with Gasteiger partial charge in [0.05, 0.1) is 10.7 Å². The third-order valence-corrected chi connectivity index (χ3v) is 7.02. The van der Waals surface area contributed by atoms with Crippen LogP contribution in [0.4, 0.5) is 11.4 Å². The van der Waals surface area contributed by atoms with Gasteiger partial charge in [0.2, 0.25) is 0 Å². The van der Waals surface area contributed by atoms with Crippen LogP contribution in [0.2, 0.25) is 0 Å². The zero-order valence-corrected chi connectivity index (χ0v) is 18.2. The van der Waals surface area contributed by atoms with Crippen molar-refractivity contribution >= 4 is 28.6 Å². The van der Waals surface area contributed by atoms with Crippen molar-refractivity contribution in [3.8, 4) is 11.3 Å². The molecular weight excluding hydrogens is 392 g/mol. The maximum Gasteiger partial charge on any atom is 0.255 e. The number of amides is 1. The number of nitrogens with zero attached hydrogens (tertiary/aromatic N) is 3. The van der Waals surface area contributed by atoms with Gasteiger partial charge in [0.1, 0.15) is 0 Å². The van der Waals surface area contributed by atoms with Crippen LogP contribution in [0.25, 0.3) is 11.3 Å². The minimum Gasteiger partial charge on any atom is -0.367 e. The largest absolute Gasteiger partial charge is 0.367 e. The van der Waals surface area contributed by atoms with Crippen LogP contribution in [-0.4, -0.2) is 48.5 Å². The molecule has 0 spiro atoms. The molecule has 0 unspecified atom stereocenters. The van der Waals surface area contributed by atoms with E-state index in [1.54, 1.807) is 11.3 Å². The van der Waals surface area contributed by atoms with Gasteiger partial charge in [-0.05, 0) is 62.7 Å². The summed E-state index contributed by atoms with van der Waals surface area (Å²) in [6.45, 7) is 5.46. The van der Waals surface area contributed by atoms with Gasteiger partial charge in [0.15, 0.2) is 0 Å². The number of benzene rings is 2. The predicted octanol–water partition coefficient (Wildman–Crippen LogP) is 4.51. The van der Waals surface area contributed by atoms with Crippen LogP contribution in [0.5, 0.6) is 0 Å². The third-order valence-electron chi connectivity index (χ3n) is 6.25. The Hall–Kier alpha value is -2.70. The molecule has 0 aliphatic carbocycles. The Bertz CT molecular complexity index is 1040. The first-order valence-corrected chi connectivity index (χ1v) is 11.3. The summed E-state index contributed by atoms with van der Waals surface area (Å²) < 4.78 is 0. The number of thiazole rings is 1. The van der Waals surface area contributed by atoms with Crippen LogP contribution in [0.15, 0.2) is 53.9 Å². The molecule has 1 amide bonds. The lowest BCUT2D eigenvalue weighted by Crippen LogP contribution is -2.34. The topological polar surface area (TPSA) is 48.5 Å². The van der Waals surface area contributed by atoms with E-state index in [1.165, 1.54) is 18.7 Å². The summed E-state index contributed by atoms with van der Waals surface area (Å²) in [5.74, 6) is 0.688. The van der Waals surface area contributed by atoms with Gasteiger partial charge in [0.25, 0.3) is 5.91 Å². The van der Waals surface area contributed by atoms with E-state index in [2.05, 4.69) is 39.3 Å². The molecule has 5 nitrogen and oxygen atoms in total. The molecule has 1 aromatic heterocycles. The number of likely N-dealkylation sites (tertiary alicyclic amines) is 1. The van der Waals surface area contributed by atoms with E-state index in [0.29, 0.717) is 11.6 Å². The molecule has 2 aromatic carbocycles. The Morgan fingerprint density at radius 3 is 2.57 bits per heavy atom. The maximum atomic E-state index is 12.7. The Balaban J connectivity index is 1.24. The van der Waals surface area contributed by atoms with E-state index in [1.807, 2.05) is 48.7 Å². The lowest BCUT2D eigenvalue weighted by Gasteiger charge is -2.26. The van der Waals surface area contributed by atoms with Gasteiger partial charge < -0.3 is 15.1 Å². The Morgan fingerprint density at radius 1 is 1.10 bits per heavy atom. The molecule has 6 heteroatoms. The van der Waals surface area contributed by atoms with E-state index in [0.717, 1.165) is 41.0 Å².